The van der Waals surface area contributed by atoms with E-state index in [0.29, 0.717) is 0 Å². The molecule has 0 aliphatic rings. The first-order valence-electron chi connectivity index (χ1n) is 3.21. The SMILES string of the molecule is [CH2]C(CCCC)N=C=O. The zero-order chi connectivity index (χ0) is 7.11. The Balaban J connectivity index is 3.26. The van der Waals surface area contributed by atoms with E-state index in [1.807, 2.05) is 0 Å². The van der Waals surface area contributed by atoms with Crippen LogP contribution in [0.4, 0.5) is 0 Å². The first-order valence-corrected chi connectivity index (χ1v) is 3.21. The van der Waals surface area contributed by atoms with Crippen molar-refractivity contribution in [3.8, 4) is 0 Å². The van der Waals surface area contributed by atoms with Crippen molar-refractivity contribution in [3.05, 3.63) is 6.92 Å². The molecule has 0 heterocycles. The topological polar surface area (TPSA) is 29.4 Å². The predicted octanol–water partition coefficient (Wildman–Crippen LogP) is 1.72. The third kappa shape index (κ3) is 5.25. The zero-order valence-corrected chi connectivity index (χ0v) is 5.76. The second-order valence-corrected chi connectivity index (χ2v) is 2.02. The van der Waals surface area contributed by atoms with Crippen molar-refractivity contribution in [2.75, 3.05) is 0 Å². The third-order valence-electron chi connectivity index (χ3n) is 1.13. The number of isocyanates is 1. The first kappa shape index (κ1) is 8.38. The molecule has 1 unspecified atom stereocenters. The van der Waals surface area contributed by atoms with Crippen LogP contribution in [0.15, 0.2) is 4.99 Å². The Morgan fingerprint density at radius 2 is 2.44 bits per heavy atom. The molecular weight excluding hydrogens is 114 g/mol. The van der Waals surface area contributed by atoms with Gasteiger partial charge in [-0.25, -0.2) is 9.79 Å². The molecule has 0 fully saturated rings. The third-order valence-corrected chi connectivity index (χ3v) is 1.13. The molecule has 0 aromatic rings. The van der Waals surface area contributed by atoms with Crippen LogP contribution in [0.5, 0.6) is 0 Å². The van der Waals surface area contributed by atoms with E-state index in [0.717, 1.165) is 19.3 Å². The molecule has 0 bridgehead atoms. The van der Waals surface area contributed by atoms with Gasteiger partial charge in [0.05, 0.1) is 6.04 Å². The number of nitrogens with zero attached hydrogens (tertiary/aromatic N) is 1. The zero-order valence-electron chi connectivity index (χ0n) is 5.76. The summed E-state index contributed by atoms with van der Waals surface area (Å²) in [6.07, 6.45) is 4.59. The monoisotopic (exact) mass is 126 g/mol. The summed E-state index contributed by atoms with van der Waals surface area (Å²) in [6.45, 7) is 5.73. The lowest BCUT2D eigenvalue weighted by Gasteiger charge is -1.98. The summed E-state index contributed by atoms with van der Waals surface area (Å²) in [6, 6.07) is -0.0811. The minimum absolute atomic E-state index is 0.0811. The van der Waals surface area contributed by atoms with E-state index in [1.54, 1.807) is 0 Å². The predicted molar refractivity (Wildman–Crippen MR) is 36.8 cm³/mol. The number of unbranched alkanes of at least 4 members (excludes halogenated alkanes) is 1. The molecule has 0 aromatic carbocycles. The van der Waals surface area contributed by atoms with Gasteiger partial charge in [-0.3, -0.25) is 0 Å². The van der Waals surface area contributed by atoms with Gasteiger partial charge in [0.15, 0.2) is 0 Å². The van der Waals surface area contributed by atoms with Crippen LogP contribution in [0, 0.1) is 6.92 Å². The van der Waals surface area contributed by atoms with Crippen molar-refractivity contribution in [2.24, 2.45) is 4.99 Å². The van der Waals surface area contributed by atoms with E-state index in [2.05, 4.69) is 18.8 Å². The molecule has 0 N–H and O–H groups in total. The van der Waals surface area contributed by atoms with E-state index in [-0.39, 0.29) is 6.04 Å². The summed E-state index contributed by atoms with van der Waals surface area (Å²) in [5, 5.41) is 0. The number of aliphatic imine (C=N–C) groups is 1. The Morgan fingerprint density at radius 3 is 2.89 bits per heavy atom. The highest BCUT2D eigenvalue weighted by molar-refractivity contribution is 5.33. The molecule has 0 aromatic heterocycles. The van der Waals surface area contributed by atoms with E-state index in [9.17, 15) is 4.79 Å². The van der Waals surface area contributed by atoms with Gasteiger partial charge in [0.25, 0.3) is 0 Å². The minimum atomic E-state index is -0.0811. The highest BCUT2D eigenvalue weighted by atomic mass is 16.1. The van der Waals surface area contributed by atoms with Gasteiger partial charge in [0, 0.05) is 0 Å². The van der Waals surface area contributed by atoms with Gasteiger partial charge in [-0.1, -0.05) is 19.8 Å². The molecular formula is C7H12NO. The molecule has 2 heteroatoms. The van der Waals surface area contributed by atoms with Crippen LogP contribution in [0.3, 0.4) is 0 Å². The Kier molecular flexibility index (Phi) is 5.14. The number of rotatable bonds is 4. The van der Waals surface area contributed by atoms with Crippen LogP contribution in [0.2, 0.25) is 0 Å². The van der Waals surface area contributed by atoms with Crippen molar-refractivity contribution < 1.29 is 4.79 Å². The Labute approximate surface area is 56.0 Å². The van der Waals surface area contributed by atoms with E-state index in [1.165, 1.54) is 6.08 Å². The summed E-state index contributed by atoms with van der Waals surface area (Å²) in [4.78, 5) is 13.1. The molecule has 2 nitrogen and oxygen atoms in total. The molecule has 0 aliphatic heterocycles. The first-order chi connectivity index (χ1) is 4.31. The number of hydrogen-bond acceptors (Lipinski definition) is 2. The highest BCUT2D eigenvalue weighted by Gasteiger charge is 1.95. The van der Waals surface area contributed by atoms with Crippen molar-refractivity contribution in [2.45, 2.75) is 32.2 Å². The van der Waals surface area contributed by atoms with Crippen molar-refractivity contribution in [3.63, 3.8) is 0 Å². The van der Waals surface area contributed by atoms with Crippen molar-refractivity contribution >= 4 is 6.08 Å². The molecule has 0 rings (SSSR count). The van der Waals surface area contributed by atoms with Crippen LogP contribution in [-0.4, -0.2) is 12.1 Å². The second kappa shape index (κ2) is 5.52. The van der Waals surface area contributed by atoms with E-state index < -0.39 is 0 Å². The molecule has 1 radical (unpaired) electrons. The maximum atomic E-state index is 9.65. The number of hydrogen-bond donors (Lipinski definition) is 0. The van der Waals surface area contributed by atoms with Gasteiger partial charge < -0.3 is 0 Å². The Hall–Kier alpha value is -0.620. The summed E-state index contributed by atoms with van der Waals surface area (Å²) in [5.41, 5.74) is 0. The van der Waals surface area contributed by atoms with Crippen LogP contribution < -0.4 is 0 Å². The van der Waals surface area contributed by atoms with Gasteiger partial charge in [-0.05, 0) is 13.3 Å². The highest BCUT2D eigenvalue weighted by Crippen LogP contribution is 2.01. The quantitative estimate of drug-likeness (QED) is 0.416. The molecule has 9 heavy (non-hydrogen) atoms. The lowest BCUT2D eigenvalue weighted by Crippen LogP contribution is -1.96. The van der Waals surface area contributed by atoms with E-state index in [4.69, 9.17) is 0 Å². The van der Waals surface area contributed by atoms with Gasteiger partial charge in [-0.2, -0.15) is 0 Å². The Morgan fingerprint density at radius 1 is 1.78 bits per heavy atom. The minimum Gasteiger partial charge on any atom is -0.211 e. The van der Waals surface area contributed by atoms with Gasteiger partial charge in [-0.15, -0.1) is 0 Å². The Bertz CT molecular complexity index is 105. The molecule has 51 valence electrons. The maximum absolute atomic E-state index is 9.65. The average Bonchev–Trinajstić information content (AvgIpc) is 1.85. The normalized spacial score (nSPS) is 12.2. The van der Waals surface area contributed by atoms with Crippen LogP contribution in [0.25, 0.3) is 0 Å². The molecule has 0 amide bonds. The average molecular weight is 126 g/mol. The van der Waals surface area contributed by atoms with Crippen LogP contribution in [-0.2, 0) is 4.79 Å². The lowest BCUT2D eigenvalue weighted by atomic mass is 10.2. The standard InChI is InChI=1S/C7H12NO/c1-3-4-5-7(2)8-6-9/h7H,2-5H2,1H3. The maximum Gasteiger partial charge on any atom is 0.235 e. The largest absolute Gasteiger partial charge is 0.235 e. The fourth-order valence-electron chi connectivity index (χ4n) is 0.579. The summed E-state index contributed by atoms with van der Waals surface area (Å²) in [7, 11) is 0. The fourth-order valence-corrected chi connectivity index (χ4v) is 0.579. The summed E-state index contributed by atoms with van der Waals surface area (Å²) < 4.78 is 0. The van der Waals surface area contributed by atoms with Gasteiger partial charge >= 0.3 is 0 Å². The molecule has 0 saturated carbocycles. The van der Waals surface area contributed by atoms with E-state index >= 15 is 0 Å². The van der Waals surface area contributed by atoms with Crippen molar-refractivity contribution in [1.82, 2.24) is 0 Å². The van der Waals surface area contributed by atoms with Crippen LogP contribution >= 0.6 is 0 Å². The molecule has 0 saturated heterocycles. The second-order valence-electron chi connectivity index (χ2n) is 2.02. The molecule has 0 aliphatic carbocycles. The van der Waals surface area contributed by atoms with Crippen molar-refractivity contribution in [1.29, 1.82) is 0 Å². The fraction of sp³-hybridized carbons (Fsp3) is 0.714. The summed E-state index contributed by atoms with van der Waals surface area (Å²) >= 11 is 0. The molecule has 0 spiro atoms. The van der Waals surface area contributed by atoms with Gasteiger partial charge in [0.2, 0.25) is 6.08 Å². The smallest absolute Gasteiger partial charge is 0.211 e. The van der Waals surface area contributed by atoms with Crippen LogP contribution in [0.1, 0.15) is 26.2 Å². The molecule has 1 atom stereocenters. The lowest BCUT2D eigenvalue weighted by molar-refractivity contribution is 0.556. The van der Waals surface area contributed by atoms with Gasteiger partial charge in [0.1, 0.15) is 0 Å². The number of carbonyl (C=O) groups excluding carboxylic acids is 1. The summed E-state index contributed by atoms with van der Waals surface area (Å²) in [5.74, 6) is 0.